The van der Waals surface area contributed by atoms with E-state index in [0.717, 1.165) is 88.9 Å². The Morgan fingerprint density at radius 1 is 0.468 bits per heavy atom. The zero-order valence-electron chi connectivity index (χ0n) is 35.1. The second-order valence-electron chi connectivity index (χ2n) is 21.1. The van der Waals surface area contributed by atoms with E-state index in [4.69, 9.17) is 33.2 Å². The van der Waals surface area contributed by atoms with Gasteiger partial charge in [-0.15, -0.1) is 0 Å². The van der Waals surface area contributed by atoms with Crippen LogP contribution in [0.1, 0.15) is 96.3 Å². The van der Waals surface area contributed by atoms with Crippen LogP contribution in [0, 0.1) is 82.9 Å². The lowest BCUT2D eigenvalue weighted by Crippen LogP contribution is -2.38. The fraction of sp³-hybridized carbons (Fsp3) is 0.755. The van der Waals surface area contributed by atoms with Crippen LogP contribution in [0.25, 0.3) is 0 Å². The third kappa shape index (κ3) is 6.54. The molecule has 22 unspecified atom stereocenters. The summed E-state index contributed by atoms with van der Waals surface area (Å²) >= 11 is 0. The number of fused-ring (bicyclic) bond motifs is 16. The molecule has 13 heteroatoms. The number of hydrogen-bond donors (Lipinski definition) is 0. The SMILES string of the molecule is O=C(OC1C(=O)OC2CCCC21)C1CC2C=CC1C2.O=C(OC1C(=O)OC2CCCC21)C1CC2C=CC1O2.O=C(OC1C(=O)OC2CCCC21)C1CC2CC1C1C3C=CC(C3)C21. The number of ether oxygens (including phenoxy) is 7. The molecule has 5 aliphatic heterocycles. The van der Waals surface area contributed by atoms with Crippen molar-refractivity contribution in [3.05, 3.63) is 36.5 Å². The normalized spacial score (nSPS) is 50.0. The Hall–Kier alpha value is -4.00. The summed E-state index contributed by atoms with van der Waals surface area (Å²) in [7, 11) is 0. The van der Waals surface area contributed by atoms with Crippen molar-refractivity contribution in [1.82, 2.24) is 0 Å². The molecule has 332 valence electrons. The highest BCUT2D eigenvalue weighted by atomic mass is 16.6. The maximum absolute atomic E-state index is 12.9. The van der Waals surface area contributed by atoms with Crippen molar-refractivity contribution in [3.63, 3.8) is 0 Å². The summed E-state index contributed by atoms with van der Waals surface area (Å²) in [6.45, 7) is 0. The first-order chi connectivity index (χ1) is 30.1. The Morgan fingerprint density at radius 2 is 1.00 bits per heavy atom. The van der Waals surface area contributed by atoms with Crippen LogP contribution in [0.15, 0.2) is 36.5 Å². The average molecular weight is 855 g/mol. The number of esters is 6. The van der Waals surface area contributed by atoms with Gasteiger partial charge in [0.2, 0.25) is 18.3 Å². The summed E-state index contributed by atoms with van der Waals surface area (Å²) in [5.41, 5.74) is 0. The minimum Gasteiger partial charge on any atom is -0.459 e. The van der Waals surface area contributed by atoms with Gasteiger partial charge in [0.05, 0.1) is 30.0 Å². The molecule has 11 fully saturated rings. The molecule has 7 saturated carbocycles. The van der Waals surface area contributed by atoms with E-state index in [9.17, 15) is 28.8 Å². The topological polar surface area (TPSA) is 167 Å². The van der Waals surface area contributed by atoms with Gasteiger partial charge in [-0.2, -0.15) is 0 Å². The minimum absolute atomic E-state index is 0.00425. The van der Waals surface area contributed by atoms with Crippen LogP contribution >= 0.6 is 0 Å². The molecule has 14 rings (SSSR count). The Balaban J connectivity index is 0.000000100. The lowest BCUT2D eigenvalue weighted by molar-refractivity contribution is -0.167. The first-order valence-electron chi connectivity index (χ1n) is 24.1. The molecule has 14 aliphatic rings. The van der Waals surface area contributed by atoms with E-state index in [0.29, 0.717) is 41.9 Å². The summed E-state index contributed by atoms with van der Waals surface area (Å²) < 4.78 is 38.3. The molecular weight excluding hydrogens is 797 g/mol. The van der Waals surface area contributed by atoms with Crippen LogP contribution in [-0.4, -0.2) is 84.6 Å². The maximum Gasteiger partial charge on any atom is 0.348 e. The molecule has 13 nitrogen and oxygen atoms in total. The summed E-state index contributed by atoms with van der Waals surface area (Å²) in [6.07, 6.45) is 25.7. The quantitative estimate of drug-likeness (QED) is 0.142. The van der Waals surface area contributed by atoms with Crippen molar-refractivity contribution < 1.29 is 61.9 Å². The highest BCUT2D eigenvalue weighted by molar-refractivity contribution is 5.84. The van der Waals surface area contributed by atoms with E-state index >= 15 is 0 Å². The molecule has 5 heterocycles. The average Bonchev–Trinajstić information content (AvgIpc) is 4.10. The van der Waals surface area contributed by atoms with E-state index in [2.05, 4.69) is 24.3 Å². The standard InChI is InChI=1S/C20H24O4.C15H18O4.C14H16O5/c21-19(24-18-12-2-1-3-15(12)23-20(18)22)14-8-11-7-13(14)17-10-5-4-9(6-10)16(11)17;16-14(11-7-8-4-5-9(11)6-8)19-13-10-2-1-3-12(10)18-15(13)17;15-13(9-6-7-4-5-11(9)17-7)19-12-8-2-1-3-10(8)18-14(12)16/h4-5,9-18H,1-3,6-8H2;4-5,8-13H,1-3,6-7H2;4-5,7-12H,1-3,6H2. The maximum atomic E-state index is 12.9. The number of hydrogen-bond acceptors (Lipinski definition) is 13. The van der Waals surface area contributed by atoms with Gasteiger partial charge < -0.3 is 33.2 Å². The van der Waals surface area contributed by atoms with Crippen LogP contribution < -0.4 is 0 Å². The second-order valence-corrected chi connectivity index (χ2v) is 21.1. The van der Waals surface area contributed by atoms with Crippen LogP contribution in [0.2, 0.25) is 0 Å². The van der Waals surface area contributed by atoms with Gasteiger partial charge in [-0.1, -0.05) is 36.5 Å². The van der Waals surface area contributed by atoms with Crippen molar-refractivity contribution in [1.29, 1.82) is 0 Å². The van der Waals surface area contributed by atoms with Crippen LogP contribution in [0.3, 0.4) is 0 Å². The molecule has 62 heavy (non-hydrogen) atoms. The van der Waals surface area contributed by atoms with E-state index in [1.165, 1.54) is 12.8 Å². The monoisotopic (exact) mass is 854 g/mol. The van der Waals surface area contributed by atoms with Gasteiger partial charge in [0, 0.05) is 17.8 Å². The number of carbonyl (C=O) groups excluding carboxylic acids is 6. The van der Waals surface area contributed by atoms with Gasteiger partial charge in [-0.25, -0.2) is 14.4 Å². The predicted octanol–water partition coefficient (Wildman–Crippen LogP) is 5.52. The molecule has 8 bridgehead atoms. The van der Waals surface area contributed by atoms with Crippen molar-refractivity contribution in [2.45, 2.75) is 145 Å². The van der Waals surface area contributed by atoms with Gasteiger partial charge >= 0.3 is 35.8 Å². The van der Waals surface area contributed by atoms with Crippen molar-refractivity contribution in [3.8, 4) is 0 Å². The highest BCUT2D eigenvalue weighted by Crippen LogP contribution is 2.67. The first-order valence-corrected chi connectivity index (χ1v) is 24.1. The summed E-state index contributed by atoms with van der Waals surface area (Å²) in [5.74, 6) is 3.43. The molecule has 0 N–H and O–H groups in total. The molecule has 0 aromatic heterocycles. The van der Waals surface area contributed by atoms with Gasteiger partial charge in [-0.05, 0) is 144 Å². The van der Waals surface area contributed by atoms with E-state index in [-0.39, 0.29) is 102 Å². The van der Waals surface area contributed by atoms with Crippen molar-refractivity contribution in [2.24, 2.45) is 82.9 Å². The fourth-order valence-corrected chi connectivity index (χ4v) is 15.4. The Labute approximate surface area is 361 Å². The molecular formula is C49H58O13. The summed E-state index contributed by atoms with van der Waals surface area (Å²) in [5, 5.41) is 0. The van der Waals surface area contributed by atoms with Crippen LogP contribution in [-0.2, 0) is 61.9 Å². The van der Waals surface area contributed by atoms with Gasteiger partial charge in [0.25, 0.3) is 0 Å². The number of carbonyl (C=O) groups is 6. The van der Waals surface area contributed by atoms with Crippen molar-refractivity contribution >= 4 is 35.8 Å². The number of allylic oxidation sites excluding steroid dienone is 4. The van der Waals surface area contributed by atoms with Crippen LogP contribution in [0.5, 0.6) is 0 Å². The lowest BCUT2D eigenvalue weighted by atomic mass is 9.69. The molecule has 0 radical (unpaired) electrons. The second kappa shape index (κ2) is 15.3. The van der Waals surface area contributed by atoms with Gasteiger partial charge in [0.1, 0.15) is 18.3 Å². The molecule has 4 saturated heterocycles. The fourth-order valence-electron chi connectivity index (χ4n) is 15.4. The van der Waals surface area contributed by atoms with E-state index in [1.807, 2.05) is 12.2 Å². The van der Waals surface area contributed by atoms with E-state index < -0.39 is 18.3 Å². The molecule has 0 amide bonds. The molecule has 22 atom stereocenters. The predicted molar refractivity (Wildman–Crippen MR) is 213 cm³/mol. The third-order valence-corrected chi connectivity index (χ3v) is 18.1. The van der Waals surface area contributed by atoms with E-state index in [1.54, 1.807) is 0 Å². The lowest BCUT2D eigenvalue weighted by Gasteiger charge is -2.36. The molecule has 0 aromatic rings. The Kier molecular flexibility index (Phi) is 9.78. The van der Waals surface area contributed by atoms with Crippen molar-refractivity contribution in [2.75, 3.05) is 0 Å². The molecule has 9 aliphatic carbocycles. The third-order valence-electron chi connectivity index (χ3n) is 18.1. The Morgan fingerprint density at radius 3 is 1.50 bits per heavy atom. The summed E-state index contributed by atoms with van der Waals surface area (Å²) in [4.78, 5) is 72.9. The first kappa shape index (κ1) is 39.6. The number of rotatable bonds is 6. The van der Waals surface area contributed by atoms with Crippen LogP contribution in [0.4, 0.5) is 0 Å². The smallest absolute Gasteiger partial charge is 0.348 e. The minimum atomic E-state index is -0.692. The summed E-state index contributed by atoms with van der Waals surface area (Å²) in [6, 6.07) is 0. The molecule has 0 aromatic carbocycles. The zero-order chi connectivity index (χ0) is 42.0. The molecule has 0 spiro atoms. The zero-order valence-corrected chi connectivity index (χ0v) is 35.1. The highest BCUT2D eigenvalue weighted by Gasteiger charge is 2.63. The van der Waals surface area contributed by atoms with Gasteiger partial charge in [0.15, 0.2) is 0 Å². The Bertz CT molecular complexity index is 1900. The van der Waals surface area contributed by atoms with Gasteiger partial charge in [-0.3, -0.25) is 14.4 Å². The largest absolute Gasteiger partial charge is 0.459 e.